The van der Waals surface area contributed by atoms with E-state index in [0.29, 0.717) is 29.2 Å². The molecule has 4 nitrogen and oxygen atoms in total. The molecule has 1 aromatic carbocycles. The van der Waals surface area contributed by atoms with E-state index in [1.807, 2.05) is 26.2 Å². The number of nitrogens with zero attached hydrogens (tertiary/aromatic N) is 2. The second kappa shape index (κ2) is 8.16. The third kappa shape index (κ3) is 5.13. The predicted molar refractivity (Wildman–Crippen MR) is 91.5 cm³/mol. The van der Waals surface area contributed by atoms with Gasteiger partial charge >= 0.3 is 0 Å². The number of likely N-dealkylation sites (tertiary alicyclic amines) is 1. The summed E-state index contributed by atoms with van der Waals surface area (Å²) in [7, 11) is 3.79. The van der Waals surface area contributed by atoms with E-state index in [2.05, 4.69) is 10.2 Å². The van der Waals surface area contributed by atoms with Gasteiger partial charge in [0.25, 0.3) is 0 Å². The van der Waals surface area contributed by atoms with Gasteiger partial charge in [-0.1, -0.05) is 23.2 Å². The average molecular weight is 344 g/mol. The topological polar surface area (TPSA) is 35.6 Å². The van der Waals surface area contributed by atoms with Gasteiger partial charge < -0.3 is 10.2 Å². The summed E-state index contributed by atoms with van der Waals surface area (Å²) in [6.07, 6.45) is 2.31. The molecule has 1 unspecified atom stereocenters. The fourth-order valence-corrected chi connectivity index (χ4v) is 3.38. The summed E-state index contributed by atoms with van der Waals surface area (Å²) in [5, 5.41) is 4.48. The molecule has 1 heterocycles. The van der Waals surface area contributed by atoms with Crippen molar-refractivity contribution in [2.24, 2.45) is 0 Å². The second-order valence-electron chi connectivity index (χ2n) is 5.89. The summed E-state index contributed by atoms with van der Waals surface area (Å²) in [6.45, 7) is 2.89. The molecule has 1 fully saturated rings. The third-order valence-corrected chi connectivity index (χ3v) is 4.48. The van der Waals surface area contributed by atoms with Crippen molar-refractivity contribution in [3.8, 4) is 0 Å². The van der Waals surface area contributed by atoms with E-state index in [4.69, 9.17) is 23.2 Å². The number of carbonyl (C=O) groups is 1. The third-order valence-electron chi connectivity index (χ3n) is 4.04. The molecule has 0 bridgehead atoms. The number of piperidine rings is 1. The Labute approximate surface area is 142 Å². The molecule has 1 aliphatic heterocycles. The van der Waals surface area contributed by atoms with E-state index in [0.717, 1.165) is 25.1 Å². The van der Waals surface area contributed by atoms with E-state index in [1.165, 1.54) is 6.42 Å². The quantitative estimate of drug-likeness (QED) is 0.892. The Kier molecular flexibility index (Phi) is 6.50. The number of carbonyl (C=O) groups excluding carboxylic acids is 1. The first kappa shape index (κ1) is 17.5. The number of benzene rings is 1. The average Bonchev–Trinajstić information content (AvgIpc) is 2.46. The van der Waals surface area contributed by atoms with Crippen LogP contribution in [-0.2, 0) is 11.3 Å². The van der Waals surface area contributed by atoms with Crippen molar-refractivity contribution in [1.82, 2.24) is 15.1 Å². The van der Waals surface area contributed by atoms with Crippen molar-refractivity contribution in [2.75, 3.05) is 33.7 Å². The Balaban J connectivity index is 1.89. The van der Waals surface area contributed by atoms with E-state index in [1.54, 1.807) is 11.0 Å². The highest BCUT2D eigenvalue weighted by Gasteiger charge is 2.21. The van der Waals surface area contributed by atoms with Crippen LogP contribution in [-0.4, -0.2) is 55.5 Å². The van der Waals surface area contributed by atoms with Crippen LogP contribution in [0.25, 0.3) is 0 Å². The van der Waals surface area contributed by atoms with Gasteiger partial charge in [-0.2, -0.15) is 0 Å². The summed E-state index contributed by atoms with van der Waals surface area (Å²) < 4.78 is 0. The minimum absolute atomic E-state index is 0.118. The van der Waals surface area contributed by atoms with Gasteiger partial charge in [0.1, 0.15) is 0 Å². The molecule has 1 saturated heterocycles. The van der Waals surface area contributed by atoms with Gasteiger partial charge in [-0.25, -0.2) is 0 Å². The maximum absolute atomic E-state index is 12.4. The molecule has 0 aromatic heterocycles. The Morgan fingerprint density at radius 3 is 2.68 bits per heavy atom. The number of likely N-dealkylation sites (N-methyl/N-ethyl adjacent to an activating group) is 2. The van der Waals surface area contributed by atoms with Gasteiger partial charge in [0, 0.05) is 36.2 Å². The molecule has 1 N–H and O–H groups in total. The fraction of sp³-hybridized carbons (Fsp3) is 0.562. The normalized spacial score (nSPS) is 19.2. The van der Waals surface area contributed by atoms with Crippen LogP contribution in [0, 0.1) is 0 Å². The monoisotopic (exact) mass is 343 g/mol. The van der Waals surface area contributed by atoms with Gasteiger partial charge in [-0.15, -0.1) is 0 Å². The zero-order valence-electron chi connectivity index (χ0n) is 13.1. The first-order chi connectivity index (χ1) is 10.5. The molecule has 0 radical (unpaired) electrons. The van der Waals surface area contributed by atoms with Crippen molar-refractivity contribution in [3.05, 3.63) is 33.8 Å². The predicted octanol–water partition coefficient (Wildman–Crippen LogP) is 2.64. The molecule has 0 saturated carbocycles. The van der Waals surface area contributed by atoms with Crippen molar-refractivity contribution in [1.29, 1.82) is 0 Å². The Bertz CT molecular complexity index is 504. The van der Waals surface area contributed by atoms with Crippen LogP contribution < -0.4 is 5.32 Å². The fourth-order valence-electron chi connectivity index (χ4n) is 2.81. The number of halogens is 2. The Morgan fingerprint density at radius 1 is 1.36 bits per heavy atom. The Hall–Kier alpha value is -0.810. The highest BCUT2D eigenvalue weighted by molar-refractivity contribution is 6.34. The van der Waals surface area contributed by atoms with Crippen LogP contribution in [0.3, 0.4) is 0 Å². The Morgan fingerprint density at radius 2 is 2.05 bits per heavy atom. The maximum Gasteiger partial charge on any atom is 0.236 e. The summed E-state index contributed by atoms with van der Waals surface area (Å²) in [6, 6.07) is 5.86. The zero-order chi connectivity index (χ0) is 16.1. The van der Waals surface area contributed by atoms with Gasteiger partial charge in [-0.05, 0) is 50.2 Å². The van der Waals surface area contributed by atoms with Crippen LogP contribution in [0.4, 0.5) is 0 Å². The number of amides is 1. The number of hydrogen-bond donors (Lipinski definition) is 1. The molecule has 2 rings (SSSR count). The molecular weight excluding hydrogens is 321 g/mol. The number of hydrogen-bond acceptors (Lipinski definition) is 3. The molecular formula is C16H23Cl2N3O. The first-order valence-corrected chi connectivity index (χ1v) is 8.32. The maximum atomic E-state index is 12.4. The molecule has 22 heavy (non-hydrogen) atoms. The number of rotatable bonds is 5. The van der Waals surface area contributed by atoms with Crippen LogP contribution >= 0.6 is 23.2 Å². The summed E-state index contributed by atoms with van der Waals surface area (Å²) in [4.78, 5) is 16.3. The van der Waals surface area contributed by atoms with E-state index in [-0.39, 0.29) is 5.91 Å². The van der Waals surface area contributed by atoms with Gasteiger partial charge in [-0.3, -0.25) is 9.69 Å². The van der Waals surface area contributed by atoms with Crippen molar-refractivity contribution >= 4 is 29.1 Å². The molecule has 1 aromatic rings. The summed E-state index contributed by atoms with van der Waals surface area (Å²) in [5.41, 5.74) is 0.945. The van der Waals surface area contributed by atoms with Gasteiger partial charge in [0.05, 0.1) is 6.54 Å². The minimum Gasteiger partial charge on any atom is -0.340 e. The lowest BCUT2D eigenvalue weighted by Crippen LogP contribution is -2.48. The lowest BCUT2D eigenvalue weighted by Gasteiger charge is -2.33. The lowest BCUT2D eigenvalue weighted by atomic mass is 10.1. The summed E-state index contributed by atoms with van der Waals surface area (Å²) in [5.74, 6) is 0.118. The van der Waals surface area contributed by atoms with Crippen molar-refractivity contribution in [2.45, 2.75) is 25.4 Å². The van der Waals surface area contributed by atoms with E-state index in [9.17, 15) is 4.79 Å². The smallest absolute Gasteiger partial charge is 0.236 e. The second-order valence-corrected chi connectivity index (χ2v) is 6.76. The first-order valence-electron chi connectivity index (χ1n) is 7.56. The minimum atomic E-state index is 0.118. The molecule has 1 atom stereocenters. The molecule has 1 aliphatic rings. The highest BCUT2D eigenvalue weighted by Crippen LogP contribution is 2.20. The van der Waals surface area contributed by atoms with Crippen LogP contribution in [0.15, 0.2) is 18.2 Å². The van der Waals surface area contributed by atoms with Crippen LogP contribution in [0.2, 0.25) is 10.0 Å². The molecule has 0 aliphatic carbocycles. The SMILES string of the molecule is CNC1CCCN(CC(=O)N(C)Cc2cc(Cl)cc(Cl)c2)C1. The standard InChI is InChI=1S/C16H23Cl2N3O/c1-19-15-4-3-5-21(10-15)11-16(22)20(2)9-12-6-13(17)8-14(18)7-12/h6-8,15,19H,3-5,9-11H2,1-2H3. The molecule has 6 heteroatoms. The van der Waals surface area contributed by atoms with Crippen LogP contribution in [0.1, 0.15) is 18.4 Å². The van der Waals surface area contributed by atoms with Crippen LogP contribution in [0.5, 0.6) is 0 Å². The molecule has 122 valence electrons. The largest absolute Gasteiger partial charge is 0.340 e. The van der Waals surface area contributed by atoms with E-state index >= 15 is 0 Å². The number of nitrogens with one attached hydrogen (secondary N) is 1. The lowest BCUT2D eigenvalue weighted by molar-refractivity contribution is -0.132. The molecule has 0 spiro atoms. The van der Waals surface area contributed by atoms with Gasteiger partial charge in [0.2, 0.25) is 5.91 Å². The van der Waals surface area contributed by atoms with E-state index < -0.39 is 0 Å². The zero-order valence-corrected chi connectivity index (χ0v) is 14.6. The molecule has 1 amide bonds. The van der Waals surface area contributed by atoms with Gasteiger partial charge in [0.15, 0.2) is 0 Å². The van der Waals surface area contributed by atoms with Crippen molar-refractivity contribution in [3.63, 3.8) is 0 Å². The summed E-state index contributed by atoms with van der Waals surface area (Å²) >= 11 is 12.0. The van der Waals surface area contributed by atoms with Crippen molar-refractivity contribution < 1.29 is 4.79 Å². The highest BCUT2D eigenvalue weighted by atomic mass is 35.5.